The smallest absolute Gasteiger partial charge is 0.0541 e. The van der Waals surface area contributed by atoms with Crippen LogP contribution in [-0.2, 0) is 6.54 Å². The van der Waals surface area contributed by atoms with E-state index in [4.69, 9.17) is 5.11 Å². The molecule has 2 rings (SSSR count). The highest BCUT2D eigenvalue weighted by Gasteiger charge is 2.35. The van der Waals surface area contributed by atoms with E-state index in [1.54, 1.807) is 0 Å². The maximum atomic E-state index is 9.01. The van der Waals surface area contributed by atoms with Gasteiger partial charge in [-0.1, -0.05) is 6.07 Å². The zero-order valence-corrected chi connectivity index (χ0v) is 8.95. The first-order valence-corrected chi connectivity index (χ1v) is 5.60. The van der Waals surface area contributed by atoms with Gasteiger partial charge in [-0.2, -0.15) is 0 Å². The van der Waals surface area contributed by atoms with E-state index in [2.05, 4.69) is 10.3 Å². The average Bonchev–Trinajstić information content (AvgIpc) is 2.23. The number of nitrogens with one attached hydrogen (secondary N) is 1. The summed E-state index contributed by atoms with van der Waals surface area (Å²) in [6.45, 7) is 1.08. The quantitative estimate of drug-likeness (QED) is 0.767. The van der Waals surface area contributed by atoms with Gasteiger partial charge in [-0.05, 0) is 37.8 Å². The van der Waals surface area contributed by atoms with E-state index in [0.29, 0.717) is 0 Å². The van der Waals surface area contributed by atoms with Gasteiger partial charge >= 0.3 is 0 Å². The molecular weight excluding hydrogens is 188 g/mol. The molecule has 1 fully saturated rings. The molecule has 0 saturated heterocycles. The summed E-state index contributed by atoms with van der Waals surface area (Å²) in [5, 5.41) is 12.5. The van der Waals surface area contributed by atoms with Gasteiger partial charge in [0.2, 0.25) is 0 Å². The lowest BCUT2D eigenvalue weighted by atomic mass is 9.74. The molecule has 1 aliphatic rings. The van der Waals surface area contributed by atoms with Gasteiger partial charge in [-0.25, -0.2) is 0 Å². The summed E-state index contributed by atoms with van der Waals surface area (Å²) in [6.07, 6.45) is 6.31. The second-order valence-corrected chi connectivity index (χ2v) is 4.28. The fourth-order valence-corrected chi connectivity index (χ4v) is 2.11. The van der Waals surface area contributed by atoms with Gasteiger partial charge in [-0.3, -0.25) is 4.98 Å². The van der Waals surface area contributed by atoms with Crippen molar-refractivity contribution in [3.05, 3.63) is 30.1 Å². The summed E-state index contributed by atoms with van der Waals surface area (Å²) < 4.78 is 0. The van der Waals surface area contributed by atoms with E-state index in [0.717, 1.165) is 18.7 Å². The van der Waals surface area contributed by atoms with Crippen molar-refractivity contribution in [2.24, 2.45) is 0 Å². The number of aliphatic hydroxyl groups is 1. The first-order chi connectivity index (χ1) is 7.35. The molecular formula is C12H18N2O. The molecule has 1 aromatic heterocycles. The van der Waals surface area contributed by atoms with Crippen LogP contribution in [0.2, 0.25) is 0 Å². The standard InChI is InChI=1S/C12H18N2O/c15-9-7-12(5-3-6-12)14-10-11-4-1-2-8-13-11/h1-2,4,8,14-15H,3,5-7,9-10H2. The van der Waals surface area contributed by atoms with Crippen LogP contribution in [-0.4, -0.2) is 22.2 Å². The van der Waals surface area contributed by atoms with Gasteiger partial charge in [0.1, 0.15) is 0 Å². The van der Waals surface area contributed by atoms with Gasteiger partial charge in [0, 0.05) is 24.9 Å². The molecule has 0 atom stereocenters. The second kappa shape index (κ2) is 4.73. The molecule has 0 amide bonds. The van der Waals surface area contributed by atoms with Crippen molar-refractivity contribution < 1.29 is 5.11 Å². The summed E-state index contributed by atoms with van der Waals surface area (Å²) in [7, 11) is 0. The number of aliphatic hydroxyl groups excluding tert-OH is 1. The van der Waals surface area contributed by atoms with Crippen molar-refractivity contribution in [1.82, 2.24) is 10.3 Å². The summed E-state index contributed by atoms with van der Waals surface area (Å²) in [5.41, 5.74) is 1.26. The second-order valence-electron chi connectivity index (χ2n) is 4.28. The molecule has 82 valence electrons. The first-order valence-electron chi connectivity index (χ1n) is 5.60. The molecule has 1 aliphatic carbocycles. The van der Waals surface area contributed by atoms with Crippen LogP contribution in [0, 0.1) is 0 Å². The van der Waals surface area contributed by atoms with Crippen LogP contribution in [0.15, 0.2) is 24.4 Å². The maximum absolute atomic E-state index is 9.01. The molecule has 0 spiro atoms. The molecule has 3 nitrogen and oxygen atoms in total. The van der Waals surface area contributed by atoms with E-state index in [-0.39, 0.29) is 12.1 Å². The number of rotatable bonds is 5. The van der Waals surface area contributed by atoms with Gasteiger partial charge < -0.3 is 10.4 Å². The van der Waals surface area contributed by atoms with E-state index < -0.39 is 0 Å². The summed E-state index contributed by atoms with van der Waals surface area (Å²) in [4.78, 5) is 4.28. The van der Waals surface area contributed by atoms with E-state index in [1.807, 2.05) is 24.4 Å². The van der Waals surface area contributed by atoms with Crippen LogP contribution in [0.4, 0.5) is 0 Å². The Bertz CT molecular complexity index is 296. The van der Waals surface area contributed by atoms with Crippen LogP contribution in [0.5, 0.6) is 0 Å². The van der Waals surface area contributed by atoms with Crippen LogP contribution >= 0.6 is 0 Å². The fourth-order valence-electron chi connectivity index (χ4n) is 2.11. The Hall–Kier alpha value is -0.930. The average molecular weight is 206 g/mol. The lowest BCUT2D eigenvalue weighted by molar-refractivity contribution is 0.129. The minimum atomic E-state index is 0.187. The zero-order valence-electron chi connectivity index (χ0n) is 8.95. The highest BCUT2D eigenvalue weighted by molar-refractivity contribution is 5.05. The fraction of sp³-hybridized carbons (Fsp3) is 0.583. The lowest BCUT2D eigenvalue weighted by Gasteiger charge is -2.42. The number of pyridine rings is 1. The van der Waals surface area contributed by atoms with Gasteiger partial charge in [-0.15, -0.1) is 0 Å². The van der Waals surface area contributed by atoms with E-state index in [9.17, 15) is 0 Å². The first kappa shape index (κ1) is 10.6. The topological polar surface area (TPSA) is 45.1 Å². The molecule has 1 saturated carbocycles. The Kier molecular flexibility index (Phi) is 3.34. The molecule has 0 unspecified atom stereocenters. The van der Waals surface area contributed by atoms with Crippen LogP contribution in [0.1, 0.15) is 31.4 Å². The van der Waals surface area contributed by atoms with Gasteiger partial charge in [0.05, 0.1) is 5.69 Å². The number of hydrogen-bond donors (Lipinski definition) is 2. The van der Waals surface area contributed by atoms with Crippen molar-refractivity contribution >= 4 is 0 Å². The molecule has 0 radical (unpaired) electrons. The third kappa shape index (κ3) is 2.55. The summed E-state index contributed by atoms with van der Waals surface area (Å²) in [6, 6.07) is 5.96. The predicted molar refractivity (Wildman–Crippen MR) is 59.4 cm³/mol. The Balaban J connectivity index is 1.86. The maximum Gasteiger partial charge on any atom is 0.0541 e. The van der Waals surface area contributed by atoms with E-state index in [1.165, 1.54) is 19.3 Å². The van der Waals surface area contributed by atoms with Crippen molar-refractivity contribution in [2.45, 2.75) is 37.8 Å². The predicted octanol–water partition coefficient (Wildman–Crippen LogP) is 1.48. The van der Waals surface area contributed by atoms with Gasteiger partial charge in [0.15, 0.2) is 0 Å². The van der Waals surface area contributed by atoms with Crippen molar-refractivity contribution in [2.75, 3.05) is 6.61 Å². The largest absolute Gasteiger partial charge is 0.396 e. The minimum Gasteiger partial charge on any atom is -0.396 e. The number of nitrogens with zero attached hydrogens (tertiary/aromatic N) is 1. The molecule has 15 heavy (non-hydrogen) atoms. The van der Waals surface area contributed by atoms with Crippen molar-refractivity contribution in [3.63, 3.8) is 0 Å². The SMILES string of the molecule is OCCC1(NCc2ccccn2)CCC1. The Morgan fingerprint density at radius 3 is 2.80 bits per heavy atom. The highest BCUT2D eigenvalue weighted by atomic mass is 16.3. The Morgan fingerprint density at radius 1 is 1.40 bits per heavy atom. The monoisotopic (exact) mass is 206 g/mol. The minimum absolute atomic E-state index is 0.187. The highest BCUT2D eigenvalue weighted by Crippen LogP contribution is 2.34. The molecule has 0 bridgehead atoms. The molecule has 0 aliphatic heterocycles. The molecule has 3 heteroatoms. The van der Waals surface area contributed by atoms with Crippen molar-refractivity contribution in [3.8, 4) is 0 Å². The lowest BCUT2D eigenvalue weighted by Crippen LogP contribution is -2.51. The Labute approximate surface area is 90.5 Å². The van der Waals surface area contributed by atoms with Gasteiger partial charge in [0.25, 0.3) is 0 Å². The normalized spacial score (nSPS) is 18.5. The molecule has 2 N–H and O–H groups in total. The third-order valence-corrected chi connectivity index (χ3v) is 3.27. The third-order valence-electron chi connectivity index (χ3n) is 3.27. The number of aromatic nitrogens is 1. The van der Waals surface area contributed by atoms with E-state index >= 15 is 0 Å². The Morgan fingerprint density at radius 2 is 2.27 bits per heavy atom. The van der Waals surface area contributed by atoms with Crippen LogP contribution < -0.4 is 5.32 Å². The molecule has 0 aromatic carbocycles. The molecule has 1 heterocycles. The van der Waals surface area contributed by atoms with Crippen LogP contribution in [0.25, 0.3) is 0 Å². The van der Waals surface area contributed by atoms with Crippen LogP contribution in [0.3, 0.4) is 0 Å². The number of hydrogen-bond acceptors (Lipinski definition) is 3. The summed E-state index contributed by atoms with van der Waals surface area (Å²) in [5.74, 6) is 0. The summed E-state index contributed by atoms with van der Waals surface area (Å²) >= 11 is 0. The zero-order chi connectivity index (χ0) is 10.6. The molecule has 1 aromatic rings. The van der Waals surface area contributed by atoms with Crippen molar-refractivity contribution in [1.29, 1.82) is 0 Å².